The van der Waals surface area contributed by atoms with E-state index >= 15 is 0 Å². The van der Waals surface area contributed by atoms with Crippen LogP contribution in [0.1, 0.15) is 11.3 Å². The molecule has 1 aromatic heterocycles. The average Bonchev–Trinajstić information content (AvgIpc) is 3.08. The molecule has 1 aliphatic rings. The second-order valence-electron chi connectivity index (χ2n) is 5.35. The van der Waals surface area contributed by atoms with Crippen molar-refractivity contribution in [2.45, 2.75) is 13.1 Å². The van der Waals surface area contributed by atoms with Crippen LogP contribution in [-0.2, 0) is 13.1 Å². The molecular weight excluding hydrogens is 459 g/mol. The van der Waals surface area contributed by atoms with Crippen molar-refractivity contribution in [2.24, 2.45) is 4.99 Å². The average molecular weight is 479 g/mol. The number of hydrogen-bond acceptors (Lipinski definition) is 5. The summed E-state index contributed by atoms with van der Waals surface area (Å²) in [5.41, 5.74) is 1.82. The Morgan fingerprint density at radius 2 is 2.16 bits per heavy atom. The lowest BCUT2D eigenvalue weighted by atomic mass is 10.2. The van der Waals surface area contributed by atoms with Gasteiger partial charge in [0.2, 0.25) is 0 Å². The molecule has 0 atom stereocenters. The van der Waals surface area contributed by atoms with E-state index in [9.17, 15) is 0 Å². The van der Waals surface area contributed by atoms with Crippen LogP contribution in [0.25, 0.3) is 0 Å². The van der Waals surface area contributed by atoms with Crippen LogP contribution in [0.4, 0.5) is 0 Å². The van der Waals surface area contributed by atoms with Crippen molar-refractivity contribution in [3.05, 3.63) is 40.7 Å². The summed E-state index contributed by atoms with van der Waals surface area (Å²) in [4.78, 5) is 6.23. The molecule has 2 aromatic rings. The summed E-state index contributed by atoms with van der Waals surface area (Å²) in [6.07, 6.45) is 1.55. The Labute approximate surface area is 168 Å². The molecule has 0 amide bonds. The molecule has 25 heavy (non-hydrogen) atoms. The van der Waals surface area contributed by atoms with Crippen molar-refractivity contribution in [3.63, 3.8) is 0 Å². The van der Waals surface area contributed by atoms with Crippen LogP contribution in [0.5, 0.6) is 11.5 Å². The smallest absolute Gasteiger partial charge is 0.194 e. The van der Waals surface area contributed by atoms with Gasteiger partial charge >= 0.3 is 0 Å². The SMILES string of the molecule is CN=C(NCc1cc(Cl)c2c(c1)OCCO2)N(C)Cc1ccon1.I. The highest BCUT2D eigenvalue weighted by Crippen LogP contribution is 2.38. The molecule has 136 valence electrons. The van der Waals surface area contributed by atoms with Gasteiger partial charge in [-0.15, -0.1) is 24.0 Å². The molecular formula is C16H20ClIN4O3. The Morgan fingerprint density at radius 1 is 1.36 bits per heavy atom. The number of aliphatic imine (C=N–C) groups is 1. The molecule has 1 N–H and O–H groups in total. The second kappa shape index (κ2) is 9.14. The standard InChI is InChI=1S/C16H19ClN4O3.HI/c1-18-16(21(2)10-12-3-4-24-20-12)19-9-11-7-13(17)15-14(8-11)22-5-6-23-15;/h3-4,7-8H,5-6,9-10H2,1-2H3,(H,18,19);1H. The minimum Gasteiger partial charge on any atom is -0.486 e. The normalized spacial score (nSPS) is 13.2. The highest BCUT2D eigenvalue weighted by Gasteiger charge is 2.17. The third-order valence-corrected chi connectivity index (χ3v) is 3.85. The van der Waals surface area contributed by atoms with E-state index in [1.807, 2.05) is 30.1 Å². The zero-order valence-corrected chi connectivity index (χ0v) is 17.1. The monoisotopic (exact) mass is 478 g/mol. The molecule has 2 heterocycles. The van der Waals surface area contributed by atoms with Crippen LogP contribution in [0.3, 0.4) is 0 Å². The number of halogens is 2. The summed E-state index contributed by atoms with van der Waals surface area (Å²) < 4.78 is 16.0. The van der Waals surface area contributed by atoms with Gasteiger partial charge in [0.05, 0.1) is 11.6 Å². The van der Waals surface area contributed by atoms with E-state index in [0.29, 0.717) is 42.8 Å². The van der Waals surface area contributed by atoms with Gasteiger partial charge in [-0.1, -0.05) is 16.8 Å². The highest BCUT2D eigenvalue weighted by atomic mass is 127. The minimum absolute atomic E-state index is 0. The van der Waals surface area contributed by atoms with Crippen LogP contribution in [-0.4, -0.2) is 43.3 Å². The van der Waals surface area contributed by atoms with E-state index in [1.54, 1.807) is 13.3 Å². The Balaban J connectivity index is 0.00000225. The maximum atomic E-state index is 6.26. The summed E-state index contributed by atoms with van der Waals surface area (Å²) in [5.74, 6) is 2.03. The maximum Gasteiger partial charge on any atom is 0.194 e. The van der Waals surface area contributed by atoms with Crippen molar-refractivity contribution >= 4 is 41.5 Å². The fourth-order valence-electron chi connectivity index (χ4n) is 2.47. The second-order valence-corrected chi connectivity index (χ2v) is 5.76. The topological polar surface area (TPSA) is 72.1 Å². The van der Waals surface area contributed by atoms with Crippen molar-refractivity contribution in [3.8, 4) is 11.5 Å². The number of ether oxygens (including phenoxy) is 2. The number of rotatable bonds is 4. The summed E-state index contributed by atoms with van der Waals surface area (Å²) in [7, 11) is 3.67. The summed E-state index contributed by atoms with van der Waals surface area (Å²) in [6.45, 7) is 2.20. The molecule has 0 spiro atoms. The van der Waals surface area contributed by atoms with E-state index in [4.69, 9.17) is 25.6 Å². The summed E-state index contributed by atoms with van der Waals surface area (Å²) >= 11 is 6.26. The van der Waals surface area contributed by atoms with E-state index in [-0.39, 0.29) is 24.0 Å². The predicted octanol–water partition coefficient (Wildman–Crippen LogP) is 2.92. The van der Waals surface area contributed by atoms with Gasteiger partial charge in [-0.3, -0.25) is 4.99 Å². The van der Waals surface area contributed by atoms with E-state index in [0.717, 1.165) is 17.2 Å². The summed E-state index contributed by atoms with van der Waals surface area (Å²) in [5, 5.41) is 7.75. The molecule has 0 saturated heterocycles. The zero-order chi connectivity index (χ0) is 16.9. The molecule has 1 aromatic carbocycles. The first-order chi connectivity index (χ1) is 11.7. The number of hydrogen-bond donors (Lipinski definition) is 1. The van der Waals surface area contributed by atoms with Gasteiger partial charge in [-0.25, -0.2) is 0 Å². The number of fused-ring (bicyclic) bond motifs is 1. The molecule has 9 heteroatoms. The molecule has 3 rings (SSSR count). The summed E-state index contributed by atoms with van der Waals surface area (Å²) in [6, 6.07) is 5.62. The number of guanidine groups is 1. The molecule has 0 fully saturated rings. The van der Waals surface area contributed by atoms with Crippen LogP contribution >= 0.6 is 35.6 Å². The van der Waals surface area contributed by atoms with Gasteiger partial charge in [0.15, 0.2) is 17.5 Å². The van der Waals surface area contributed by atoms with Crippen LogP contribution in [0, 0.1) is 0 Å². The Hall–Kier alpha value is -1.68. The van der Waals surface area contributed by atoms with E-state index < -0.39 is 0 Å². The molecule has 0 radical (unpaired) electrons. The number of nitrogens with zero attached hydrogens (tertiary/aromatic N) is 3. The highest BCUT2D eigenvalue weighted by molar-refractivity contribution is 14.0. The molecule has 1 aliphatic heterocycles. The van der Waals surface area contributed by atoms with Crippen molar-refractivity contribution in [1.29, 1.82) is 0 Å². The van der Waals surface area contributed by atoms with Gasteiger partial charge in [0.1, 0.15) is 25.2 Å². The van der Waals surface area contributed by atoms with Gasteiger partial charge < -0.3 is 24.2 Å². The molecule has 0 bridgehead atoms. The van der Waals surface area contributed by atoms with Crippen molar-refractivity contribution in [1.82, 2.24) is 15.4 Å². The predicted molar refractivity (Wildman–Crippen MR) is 106 cm³/mol. The largest absolute Gasteiger partial charge is 0.486 e. The lowest BCUT2D eigenvalue weighted by molar-refractivity contribution is 0.171. The first-order valence-electron chi connectivity index (χ1n) is 7.56. The van der Waals surface area contributed by atoms with Crippen LogP contribution < -0.4 is 14.8 Å². The van der Waals surface area contributed by atoms with Gasteiger partial charge in [0, 0.05) is 26.7 Å². The zero-order valence-electron chi connectivity index (χ0n) is 14.0. The maximum absolute atomic E-state index is 6.26. The van der Waals surface area contributed by atoms with Crippen molar-refractivity contribution < 1.29 is 14.0 Å². The first-order valence-corrected chi connectivity index (χ1v) is 7.94. The third kappa shape index (κ3) is 4.91. The number of nitrogens with one attached hydrogen (secondary N) is 1. The van der Waals surface area contributed by atoms with Gasteiger partial charge in [-0.05, 0) is 17.7 Å². The third-order valence-electron chi connectivity index (χ3n) is 3.57. The fraction of sp³-hybridized carbons (Fsp3) is 0.375. The fourth-order valence-corrected chi connectivity index (χ4v) is 2.76. The molecule has 0 aliphatic carbocycles. The Morgan fingerprint density at radius 3 is 2.88 bits per heavy atom. The number of benzene rings is 1. The lowest BCUT2D eigenvalue weighted by Gasteiger charge is -2.22. The Bertz CT molecular complexity index is 724. The van der Waals surface area contributed by atoms with Gasteiger partial charge in [-0.2, -0.15) is 0 Å². The van der Waals surface area contributed by atoms with Gasteiger partial charge in [0.25, 0.3) is 0 Å². The first kappa shape index (κ1) is 19.6. The minimum atomic E-state index is 0. The Kier molecular flexibility index (Phi) is 7.18. The molecule has 0 unspecified atom stereocenters. The van der Waals surface area contributed by atoms with Crippen molar-refractivity contribution in [2.75, 3.05) is 27.3 Å². The number of aromatic nitrogens is 1. The molecule has 0 saturated carbocycles. The van der Waals surface area contributed by atoms with E-state index in [2.05, 4.69) is 15.5 Å². The van der Waals surface area contributed by atoms with Crippen LogP contribution in [0.2, 0.25) is 5.02 Å². The van der Waals surface area contributed by atoms with Crippen LogP contribution in [0.15, 0.2) is 34.0 Å². The lowest BCUT2D eigenvalue weighted by Crippen LogP contribution is -2.38. The molecule has 7 nitrogen and oxygen atoms in total. The quantitative estimate of drug-likeness (QED) is 0.414. The van der Waals surface area contributed by atoms with E-state index in [1.165, 1.54) is 0 Å².